The van der Waals surface area contributed by atoms with E-state index in [0.29, 0.717) is 37.5 Å². The molecule has 2 N–H and O–H groups in total. The van der Waals surface area contributed by atoms with Crippen LogP contribution in [0.3, 0.4) is 0 Å². The van der Waals surface area contributed by atoms with Crippen LogP contribution in [0.2, 0.25) is 0 Å². The third-order valence-corrected chi connectivity index (χ3v) is 8.28. The molecule has 1 fully saturated rings. The first-order chi connectivity index (χ1) is 20.9. The highest BCUT2D eigenvalue weighted by atomic mass is 19.4. The smallest absolute Gasteiger partial charge is 0.388 e. The van der Waals surface area contributed by atoms with Crippen molar-refractivity contribution in [2.24, 2.45) is 0 Å². The van der Waals surface area contributed by atoms with Crippen molar-refractivity contribution in [1.82, 2.24) is 29.3 Å². The lowest BCUT2D eigenvalue weighted by atomic mass is 9.94. The Bertz CT molecular complexity index is 1520. The number of likely N-dealkylation sites (tertiary alicyclic amines) is 1. The number of aliphatic hydroxyl groups is 1. The zero-order valence-corrected chi connectivity index (χ0v) is 25.3. The molecule has 1 unspecified atom stereocenters. The Morgan fingerprint density at radius 1 is 1.11 bits per heavy atom. The van der Waals surface area contributed by atoms with E-state index in [0.717, 1.165) is 54.0 Å². The third-order valence-electron chi connectivity index (χ3n) is 8.28. The Morgan fingerprint density at radius 3 is 2.57 bits per heavy atom. The van der Waals surface area contributed by atoms with Gasteiger partial charge in [0.15, 0.2) is 5.65 Å². The van der Waals surface area contributed by atoms with E-state index in [1.165, 1.54) is 4.90 Å². The Morgan fingerprint density at radius 2 is 1.89 bits per heavy atom. The Kier molecular flexibility index (Phi) is 9.31. The molecular formula is C32H40F3N7O2. The summed E-state index contributed by atoms with van der Waals surface area (Å²) in [5, 5.41) is 18.9. The van der Waals surface area contributed by atoms with Crippen LogP contribution in [0.15, 0.2) is 55.3 Å². The molecule has 5 rings (SSSR count). The highest BCUT2D eigenvalue weighted by molar-refractivity contribution is 5.81. The number of aromatic nitrogens is 3. The molecule has 0 radical (unpaired) electrons. The van der Waals surface area contributed by atoms with Crippen LogP contribution in [0, 0.1) is 0 Å². The number of amides is 1. The topological polar surface area (TPSA) is 89.2 Å². The van der Waals surface area contributed by atoms with E-state index >= 15 is 0 Å². The van der Waals surface area contributed by atoms with Gasteiger partial charge in [-0.2, -0.15) is 18.2 Å². The number of likely N-dealkylation sites (N-methyl/N-ethyl adjacent to an activating group) is 1. The zero-order chi connectivity index (χ0) is 31.5. The van der Waals surface area contributed by atoms with Gasteiger partial charge < -0.3 is 25.1 Å². The van der Waals surface area contributed by atoms with Gasteiger partial charge in [-0.1, -0.05) is 24.8 Å². The number of hydrogen-bond donors (Lipinski definition) is 2. The summed E-state index contributed by atoms with van der Waals surface area (Å²) in [6.45, 7) is 7.21. The van der Waals surface area contributed by atoms with Gasteiger partial charge in [0.1, 0.15) is 0 Å². The molecule has 236 valence electrons. The minimum absolute atomic E-state index is 0.262. The maximum atomic E-state index is 12.5. The van der Waals surface area contributed by atoms with Gasteiger partial charge in [-0.15, -0.1) is 5.10 Å². The van der Waals surface area contributed by atoms with Crippen molar-refractivity contribution >= 4 is 34.5 Å². The van der Waals surface area contributed by atoms with Crippen LogP contribution in [0.1, 0.15) is 49.7 Å². The van der Waals surface area contributed by atoms with Crippen molar-refractivity contribution in [2.75, 3.05) is 52.1 Å². The van der Waals surface area contributed by atoms with Gasteiger partial charge in [0.2, 0.25) is 11.9 Å². The summed E-state index contributed by atoms with van der Waals surface area (Å²) in [5.41, 5.74) is 4.58. The van der Waals surface area contributed by atoms with Gasteiger partial charge >= 0.3 is 6.18 Å². The van der Waals surface area contributed by atoms with Gasteiger partial charge in [0.05, 0.1) is 12.0 Å². The quantitative estimate of drug-likeness (QED) is 0.345. The number of alkyl halides is 3. The van der Waals surface area contributed by atoms with Gasteiger partial charge in [-0.3, -0.25) is 4.79 Å². The summed E-state index contributed by atoms with van der Waals surface area (Å²) in [5.74, 6) is -0.0601. The first kappa shape index (κ1) is 31.5. The van der Waals surface area contributed by atoms with Crippen molar-refractivity contribution < 1.29 is 23.1 Å². The third kappa shape index (κ3) is 7.78. The summed E-state index contributed by atoms with van der Waals surface area (Å²) in [4.78, 5) is 22.7. The number of hydrogen-bond acceptors (Lipinski definition) is 7. The fourth-order valence-electron chi connectivity index (χ4n) is 6.01. The number of carbonyl (C=O) groups is 1. The lowest BCUT2D eigenvalue weighted by molar-refractivity contribution is -0.148. The number of carbonyl (C=O) groups excluding carboxylic acids is 1. The molecule has 3 aromatic rings. The molecule has 2 aromatic heterocycles. The fraction of sp³-hybridized carbons (Fsp3) is 0.469. The first-order valence-electron chi connectivity index (χ1n) is 15.0. The number of benzene rings is 1. The minimum atomic E-state index is -4.34. The average Bonchev–Trinajstić information content (AvgIpc) is 3.29. The first-order valence-corrected chi connectivity index (χ1v) is 15.0. The average molecular weight is 612 g/mol. The standard InChI is InChI=1S/C32H40F3N7O2/c1-23(40-17-5-14-31(44,16-21-40)22-39(2)3)24-7-9-26(10-8-24)36-30-37-29-27(6-4-18-42(29)38-30)25-12-19-41(20-13-25)28(43)11-15-32(33,34)35/h4,6-10,12,18,44H,1,5,11,13-17,19-22H2,2-3H3,(H,36,38). The molecule has 9 nitrogen and oxygen atoms in total. The number of rotatable bonds is 9. The number of fused-ring (bicyclic) bond motifs is 1. The van der Waals surface area contributed by atoms with E-state index in [4.69, 9.17) is 4.98 Å². The predicted molar refractivity (Wildman–Crippen MR) is 165 cm³/mol. The van der Waals surface area contributed by atoms with Crippen LogP contribution in [0.4, 0.5) is 24.8 Å². The minimum Gasteiger partial charge on any atom is -0.388 e. The number of pyridine rings is 1. The second kappa shape index (κ2) is 13.0. The molecule has 12 heteroatoms. The lowest BCUT2D eigenvalue weighted by Gasteiger charge is -2.30. The van der Waals surface area contributed by atoms with Gasteiger partial charge in [-0.05, 0) is 75.2 Å². The fourth-order valence-corrected chi connectivity index (χ4v) is 6.01. The Balaban J connectivity index is 1.22. The number of anilines is 2. The number of halogens is 3. The number of nitrogens with zero attached hydrogens (tertiary/aromatic N) is 6. The molecule has 1 aromatic carbocycles. The van der Waals surface area contributed by atoms with Crippen molar-refractivity contribution in [3.8, 4) is 0 Å². The van der Waals surface area contributed by atoms with Gasteiger partial charge in [0, 0.05) is 62.3 Å². The monoisotopic (exact) mass is 611 g/mol. The van der Waals surface area contributed by atoms with E-state index in [9.17, 15) is 23.1 Å². The van der Waals surface area contributed by atoms with E-state index in [2.05, 4.69) is 21.9 Å². The number of nitrogens with one attached hydrogen (secondary N) is 1. The molecule has 2 aliphatic heterocycles. The highest BCUT2D eigenvalue weighted by Gasteiger charge is 2.31. The summed E-state index contributed by atoms with van der Waals surface area (Å²) in [6, 6.07) is 11.7. The molecule has 0 aliphatic carbocycles. The summed E-state index contributed by atoms with van der Waals surface area (Å²) in [7, 11) is 3.97. The molecule has 0 bridgehead atoms. The summed E-state index contributed by atoms with van der Waals surface area (Å²) >= 11 is 0. The molecule has 2 aliphatic rings. The molecule has 1 atom stereocenters. The van der Waals surface area contributed by atoms with Crippen LogP contribution in [-0.4, -0.2) is 98.9 Å². The maximum absolute atomic E-state index is 12.5. The molecular weight excluding hydrogens is 571 g/mol. The molecule has 0 spiro atoms. The molecule has 1 saturated heterocycles. The van der Waals surface area contributed by atoms with Crippen molar-refractivity contribution in [3.63, 3.8) is 0 Å². The van der Waals surface area contributed by atoms with Crippen LogP contribution >= 0.6 is 0 Å². The zero-order valence-electron chi connectivity index (χ0n) is 25.3. The predicted octanol–water partition coefficient (Wildman–Crippen LogP) is 5.18. The second-order valence-corrected chi connectivity index (χ2v) is 12.0. The second-order valence-electron chi connectivity index (χ2n) is 12.0. The normalized spacial score (nSPS) is 19.7. The SMILES string of the molecule is C=C(c1ccc(Nc2nc3c(C4=CCN(C(=O)CCC(F)(F)F)CC4)cccn3n2)cc1)N1CCCC(O)(CN(C)C)CC1. The van der Waals surface area contributed by atoms with E-state index in [1.807, 2.05) is 61.5 Å². The Labute approximate surface area is 255 Å². The molecule has 0 saturated carbocycles. The largest absolute Gasteiger partial charge is 0.389 e. The molecule has 4 heterocycles. The van der Waals surface area contributed by atoms with Crippen LogP contribution in [0.5, 0.6) is 0 Å². The summed E-state index contributed by atoms with van der Waals surface area (Å²) in [6.07, 6.45) is 0.595. The van der Waals surface area contributed by atoms with Crippen molar-refractivity contribution in [3.05, 3.63) is 66.4 Å². The van der Waals surface area contributed by atoms with Crippen LogP contribution in [0.25, 0.3) is 16.9 Å². The summed E-state index contributed by atoms with van der Waals surface area (Å²) < 4.78 is 39.3. The molecule has 1 amide bonds. The van der Waals surface area contributed by atoms with E-state index in [-0.39, 0.29) is 6.54 Å². The van der Waals surface area contributed by atoms with Crippen LogP contribution in [-0.2, 0) is 4.79 Å². The van der Waals surface area contributed by atoms with E-state index < -0.39 is 30.5 Å². The lowest BCUT2D eigenvalue weighted by Crippen LogP contribution is -2.40. The van der Waals surface area contributed by atoms with Gasteiger partial charge in [0.25, 0.3) is 0 Å². The highest BCUT2D eigenvalue weighted by Crippen LogP contribution is 2.30. The Hall–Kier alpha value is -3.90. The van der Waals surface area contributed by atoms with Crippen molar-refractivity contribution in [1.29, 1.82) is 0 Å². The van der Waals surface area contributed by atoms with Gasteiger partial charge in [-0.25, -0.2) is 4.52 Å². The van der Waals surface area contributed by atoms with E-state index in [1.54, 1.807) is 10.7 Å². The molecule has 44 heavy (non-hydrogen) atoms. The van der Waals surface area contributed by atoms with Crippen molar-refractivity contribution in [2.45, 2.75) is 50.3 Å². The van der Waals surface area contributed by atoms with Crippen LogP contribution < -0.4 is 5.32 Å². The maximum Gasteiger partial charge on any atom is 0.389 e.